The zero-order chi connectivity index (χ0) is 31.1. The average molecular weight is 581 g/mol. The quantitative estimate of drug-likeness (QED) is 0.0660. The second kappa shape index (κ2) is 12.6. The van der Waals surface area contributed by atoms with Crippen molar-refractivity contribution in [1.82, 2.24) is 0 Å². The summed E-state index contributed by atoms with van der Waals surface area (Å²) in [5.74, 6) is -1.02. The van der Waals surface area contributed by atoms with Crippen LogP contribution >= 0.6 is 0 Å². The van der Waals surface area contributed by atoms with E-state index in [4.69, 9.17) is 63.5 Å². The first-order chi connectivity index (χ1) is 20.5. The predicted molar refractivity (Wildman–Crippen MR) is 165 cm³/mol. The highest BCUT2D eigenvalue weighted by Gasteiger charge is 2.48. The number of hydrogen-bond donors (Lipinski definition) is 8. The lowest BCUT2D eigenvalue weighted by molar-refractivity contribution is -0.292. The number of benzene rings is 4. The van der Waals surface area contributed by atoms with Gasteiger partial charge in [-0.3, -0.25) is 21.6 Å². The molecule has 0 saturated heterocycles. The van der Waals surface area contributed by atoms with Gasteiger partial charge in [0.05, 0.1) is 0 Å². The first-order valence-corrected chi connectivity index (χ1v) is 13.0. The van der Waals surface area contributed by atoms with Crippen LogP contribution in [0.5, 0.6) is 23.0 Å². The van der Waals surface area contributed by atoms with Crippen LogP contribution in [0.4, 0.5) is 0 Å². The van der Waals surface area contributed by atoms with Crippen molar-refractivity contribution < 1.29 is 18.9 Å². The Balaban J connectivity index is 1.80. The fourth-order valence-corrected chi connectivity index (χ4v) is 3.90. The molecule has 0 bridgehead atoms. The van der Waals surface area contributed by atoms with Crippen molar-refractivity contribution in [3.8, 4) is 23.0 Å². The van der Waals surface area contributed by atoms with Crippen molar-refractivity contribution in [3.05, 3.63) is 119 Å². The molecule has 0 radical (unpaired) electrons. The minimum absolute atomic E-state index is 0.0824. The van der Waals surface area contributed by atoms with E-state index >= 15 is 0 Å². The van der Waals surface area contributed by atoms with E-state index in [9.17, 15) is 0 Å². The maximum atomic E-state index is 7.71. The summed E-state index contributed by atoms with van der Waals surface area (Å²) in [6.45, 7) is 1.69. The second-order valence-corrected chi connectivity index (χ2v) is 9.42. The fraction of sp³-hybridized carbons (Fsp3) is 0.0968. The van der Waals surface area contributed by atoms with E-state index in [1.807, 2.05) is 0 Å². The van der Waals surface area contributed by atoms with Crippen LogP contribution in [0, 0.1) is 21.6 Å². The zero-order valence-corrected chi connectivity index (χ0v) is 23.3. The first kappa shape index (κ1) is 29.9. The Morgan fingerprint density at radius 2 is 0.698 bits per heavy atom. The molecule has 12 nitrogen and oxygen atoms in total. The third kappa shape index (κ3) is 7.38. The highest BCUT2D eigenvalue weighted by atomic mass is 16.9. The summed E-state index contributed by atoms with van der Waals surface area (Å²) >= 11 is 0. The Hall–Kier alpha value is -6.04. The van der Waals surface area contributed by atoms with Gasteiger partial charge in [-0.15, -0.1) is 0 Å². The number of amidine groups is 4. The summed E-state index contributed by atoms with van der Waals surface area (Å²) < 4.78 is 25.6. The lowest BCUT2D eigenvalue weighted by Crippen LogP contribution is -2.58. The largest absolute Gasteiger partial charge is 0.478 e. The molecule has 0 fully saturated rings. The van der Waals surface area contributed by atoms with Crippen molar-refractivity contribution in [1.29, 1.82) is 21.6 Å². The minimum Gasteiger partial charge on any atom is -0.478 e. The number of ether oxygens (including phenoxy) is 4. The van der Waals surface area contributed by atoms with Crippen LogP contribution in [0.2, 0.25) is 0 Å². The van der Waals surface area contributed by atoms with Gasteiger partial charge in [0, 0.05) is 22.3 Å². The molecule has 12 N–H and O–H groups in total. The standard InChI is InChI=1S/C31H32N8O4/c1-18(40-23-10-2-19(3-11-23)27(32)33)31(41-24-12-4-20(5-13-24)28(34)35,42-25-14-6-21(7-15-25)29(36)37)43-26-16-8-22(9-17-26)30(38)39/h2-18H,1H3,(H3,32,33)(H3,34,35)(H3,36,37)(H3,38,39). The van der Waals surface area contributed by atoms with Crippen LogP contribution in [0.25, 0.3) is 0 Å². The van der Waals surface area contributed by atoms with Gasteiger partial charge in [0.1, 0.15) is 46.3 Å². The number of nitrogens with two attached hydrogens (primary N) is 4. The van der Waals surface area contributed by atoms with E-state index in [2.05, 4.69) is 0 Å². The summed E-state index contributed by atoms with van der Waals surface area (Å²) in [5, 5.41) is 30.8. The molecule has 0 aliphatic rings. The van der Waals surface area contributed by atoms with E-state index < -0.39 is 12.1 Å². The van der Waals surface area contributed by atoms with Crippen molar-refractivity contribution in [2.24, 2.45) is 22.9 Å². The molecule has 0 aliphatic carbocycles. The van der Waals surface area contributed by atoms with Crippen LogP contribution in [0.1, 0.15) is 29.2 Å². The van der Waals surface area contributed by atoms with E-state index in [1.54, 1.807) is 104 Å². The van der Waals surface area contributed by atoms with Crippen molar-refractivity contribution in [3.63, 3.8) is 0 Å². The topological polar surface area (TPSA) is 236 Å². The SMILES string of the molecule is CC(Oc1ccc(C(=N)N)cc1)C(Oc1ccc(C(=N)N)cc1)(Oc1ccc(C(=N)N)cc1)Oc1ccc(C(=N)N)cc1. The highest BCUT2D eigenvalue weighted by molar-refractivity contribution is 5.96. The van der Waals surface area contributed by atoms with Crippen LogP contribution in [0.3, 0.4) is 0 Å². The molecule has 0 aliphatic heterocycles. The van der Waals surface area contributed by atoms with Gasteiger partial charge in [-0.05, 0) is 104 Å². The molecular formula is C31H32N8O4. The normalized spacial score (nSPS) is 12.7. The first-order valence-electron chi connectivity index (χ1n) is 13.0. The molecule has 43 heavy (non-hydrogen) atoms. The van der Waals surface area contributed by atoms with Crippen molar-refractivity contribution in [2.75, 3.05) is 0 Å². The predicted octanol–water partition coefficient (Wildman–Crippen LogP) is 3.48. The van der Waals surface area contributed by atoms with Gasteiger partial charge in [0.2, 0.25) is 6.10 Å². The molecule has 0 spiro atoms. The van der Waals surface area contributed by atoms with Gasteiger partial charge in [-0.2, -0.15) is 0 Å². The molecule has 4 aromatic carbocycles. The second-order valence-electron chi connectivity index (χ2n) is 9.42. The Morgan fingerprint density at radius 1 is 0.465 bits per heavy atom. The molecule has 0 heterocycles. The third-order valence-electron chi connectivity index (χ3n) is 6.25. The molecule has 1 unspecified atom stereocenters. The Labute approximate surface area is 248 Å². The molecule has 4 rings (SSSR count). The minimum atomic E-state index is -1.98. The zero-order valence-electron chi connectivity index (χ0n) is 23.3. The summed E-state index contributed by atoms with van der Waals surface area (Å²) in [5.41, 5.74) is 24.5. The van der Waals surface area contributed by atoms with Gasteiger partial charge in [0.25, 0.3) is 0 Å². The summed E-state index contributed by atoms with van der Waals surface area (Å²) in [4.78, 5) is 0. The number of rotatable bonds is 13. The van der Waals surface area contributed by atoms with Gasteiger partial charge in [0.15, 0.2) is 0 Å². The average Bonchev–Trinajstić information content (AvgIpc) is 2.98. The molecule has 12 heteroatoms. The molecule has 220 valence electrons. The monoisotopic (exact) mass is 580 g/mol. The third-order valence-corrected chi connectivity index (χ3v) is 6.25. The summed E-state index contributed by atoms with van der Waals surface area (Å²) in [6, 6.07) is 26.0. The number of hydrogen-bond acceptors (Lipinski definition) is 8. The molecule has 0 amide bonds. The fourth-order valence-electron chi connectivity index (χ4n) is 3.90. The van der Waals surface area contributed by atoms with Gasteiger partial charge in [-0.1, -0.05) is 0 Å². The van der Waals surface area contributed by atoms with Gasteiger partial charge in [-0.25, -0.2) is 0 Å². The highest BCUT2D eigenvalue weighted by Crippen LogP contribution is 2.32. The van der Waals surface area contributed by atoms with E-state index in [0.29, 0.717) is 45.3 Å². The Bertz CT molecular complexity index is 1480. The maximum Gasteiger partial charge on any atom is 0.456 e. The van der Waals surface area contributed by atoms with Crippen LogP contribution in [-0.2, 0) is 0 Å². The maximum absolute atomic E-state index is 7.71. The van der Waals surface area contributed by atoms with Crippen molar-refractivity contribution in [2.45, 2.75) is 19.0 Å². The summed E-state index contributed by atoms with van der Waals surface area (Å²) in [6.07, 6.45) is -0.969. The molecule has 0 saturated carbocycles. The van der Waals surface area contributed by atoms with Gasteiger partial charge >= 0.3 is 5.97 Å². The number of nitrogens with one attached hydrogen (secondary N) is 4. The molecule has 0 aromatic heterocycles. The van der Waals surface area contributed by atoms with Crippen LogP contribution < -0.4 is 41.9 Å². The lowest BCUT2D eigenvalue weighted by atomic mass is 10.2. The lowest BCUT2D eigenvalue weighted by Gasteiger charge is -2.37. The van der Waals surface area contributed by atoms with E-state index in [0.717, 1.165) is 0 Å². The summed E-state index contributed by atoms with van der Waals surface area (Å²) in [7, 11) is 0. The Morgan fingerprint density at radius 3 is 0.930 bits per heavy atom. The van der Waals surface area contributed by atoms with Crippen LogP contribution in [0.15, 0.2) is 97.1 Å². The molecular weight excluding hydrogens is 548 g/mol. The van der Waals surface area contributed by atoms with E-state index in [1.165, 1.54) is 0 Å². The van der Waals surface area contributed by atoms with Crippen LogP contribution in [-0.4, -0.2) is 35.4 Å². The van der Waals surface area contributed by atoms with Gasteiger partial charge < -0.3 is 41.9 Å². The number of nitrogen functional groups attached to an aromatic ring is 4. The van der Waals surface area contributed by atoms with Crippen molar-refractivity contribution >= 4 is 23.3 Å². The molecule has 1 atom stereocenters. The Kier molecular flexibility index (Phi) is 8.80. The smallest absolute Gasteiger partial charge is 0.456 e. The molecule has 4 aromatic rings. The van der Waals surface area contributed by atoms with E-state index in [-0.39, 0.29) is 23.3 Å².